The van der Waals surface area contributed by atoms with Crippen molar-refractivity contribution < 1.29 is 4.74 Å². The largest absolute Gasteiger partial charge is 0.380 e. The first kappa shape index (κ1) is 16.7. The van der Waals surface area contributed by atoms with E-state index in [4.69, 9.17) is 9.72 Å². The molecule has 6 nitrogen and oxygen atoms in total. The lowest BCUT2D eigenvalue weighted by molar-refractivity contribution is 0.172. The van der Waals surface area contributed by atoms with E-state index < -0.39 is 0 Å². The number of aromatic nitrogens is 4. The van der Waals surface area contributed by atoms with Crippen LogP contribution in [-0.2, 0) is 10.2 Å². The van der Waals surface area contributed by atoms with Crippen LogP contribution in [0.4, 0.5) is 5.82 Å². The first-order chi connectivity index (χ1) is 14.4. The van der Waals surface area contributed by atoms with Gasteiger partial charge < -0.3 is 9.64 Å². The molecule has 29 heavy (non-hydrogen) atoms. The summed E-state index contributed by atoms with van der Waals surface area (Å²) in [5, 5.41) is 0. The Morgan fingerprint density at radius 2 is 1.72 bits per heavy atom. The smallest absolute Gasteiger partial charge is 0.170 e. The summed E-state index contributed by atoms with van der Waals surface area (Å²) < 4.78 is 7.95. The van der Waals surface area contributed by atoms with Crippen LogP contribution in [0.5, 0.6) is 0 Å². The number of hydrogen-bond donors (Lipinski definition) is 0. The van der Waals surface area contributed by atoms with Gasteiger partial charge in [-0.05, 0) is 17.7 Å². The van der Waals surface area contributed by atoms with Gasteiger partial charge >= 0.3 is 0 Å². The molecular formula is C23H21N5O. The van der Waals surface area contributed by atoms with E-state index in [0.717, 1.165) is 49.0 Å². The molecule has 6 heteroatoms. The minimum absolute atomic E-state index is 0.0144. The van der Waals surface area contributed by atoms with Crippen molar-refractivity contribution in [1.29, 1.82) is 0 Å². The Morgan fingerprint density at radius 3 is 2.55 bits per heavy atom. The van der Waals surface area contributed by atoms with Crippen LogP contribution in [0.25, 0.3) is 16.9 Å². The quantitative estimate of drug-likeness (QED) is 0.544. The second-order valence-electron chi connectivity index (χ2n) is 7.93. The highest BCUT2D eigenvalue weighted by atomic mass is 16.5. The molecule has 2 aliphatic heterocycles. The average Bonchev–Trinajstić information content (AvgIpc) is 3.47. The van der Waals surface area contributed by atoms with Gasteiger partial charge in [0.05, 0.1) is 13.2 Å². The second-order valence-corrected chi connectivity index (χ2v) is 7.93. The third-order valence-corrected chi connectivity index (χ3v) is 6.37. The molecule has 144 valence electrons. The van der Waals surface area contributed by atoms with Gasteiger partial charge in [-0.25, -0.2) is 15.0 Å². The summed E-state index contributed by atoms with van der Waals surface area (Å²) in [4.78, 5) is 16.2. The first-order valence-corrected chi connectivity index (χ1v) is 9.97. The molecule has 4 aromatic rings. The van der Waals surface area contributed by atoms with Crippen LogP contribution in [0, 0.1) is 5.92 Å². The molecule has 0 amide bonds. The monoisotopic (exact) mass is 383 g/mol. The molecule has 2 fully saturated rings. The summed E-state index contributed by atoms with van der Waals surface area (Å²) in [5.74, 6) is 1.36. The van der Waals surface area contributed by atoms with E-state index in [1.807, 2.05) is 29.1 Å². The molecule has 2 atom stereocenters. The van der Waals surface area contributed by atoms with Crippen LogP contribution in [0.3, 0.4) is 0 Å². The van der Waals surface area contributed by atoms with Gasteiger partial charge in [-0.15, -0.1) is 0 Å². The van der Waals surface area contributed by atoms with Crippen LogP contribution in [-0.4, -0.2) is 45.8 Å². The van der Waals surface area contributed by atoms with Gasteiger partial charge in [0.1, 0.15) is 12.7 Å². The predicted molar refractivity (Wildman–Crippen MR) is 111 cm³/mol. The van der Waals surface area contributed by atoms with Crippen LogP contribution in [0.1, 0.15) is 5.56 Å². The lowest BCUT2D eigenvalue weighted by Gasteiger charge is -2.28. The van der Waals surface area contributed by atoms with Gasteiger partial charge in [0.25, 0.3) is 0 Å². The zero-order valence-corrected chi connectivity index (χ0v) is 16.0. The van der Waals surface area contributed by atoms with Crippen molar-refractivity contribution in [3.8, 4) is 5.69 Å². The SMILES string of the molecule is c1ccc(-n2cnc3c(N4C[C@@H]5COC[C@]5(c5ccccc5)C4)ncnc32)cc1. The summed E-state index contributed by atoms with van der Waals surface area (Å²) in [7, 11) is 0. The van der Waals surface area contributed by atoms with Crippen molar-refractivity contribution in [2.24, 2.45) is 5.92 Å². The Balaban J connectivity index is 1.42. The van der Waals surface area contributed by atoms with Gasteiger partial charge in [-0.1, -0.05) is 48.5 Å². The highest BCUT2D eigenvalue weighted by Gasteiger charge is 2.52. The zero-order chi connectivity index (χ0) is 19.3. The number of fused-ring (bicyclic) bond motifs is 2. The van der Waals surface area contributed by atoms with E-state index in [0.29, 0.717) is 5.92 Å². The number of nitrogens with zero attached hydrogens (tertiary/aromatic N) is 5. The molecule has 0 N–H and O–H groups in total. The molecule has 2 saturated heterocycles. The van der Waals surface area contributed by atoms with Crippen LogP contribution in [0.15, 0.2) is 73.3 Å². The lowest BCUT2D eigenvalue weighted by atomic mass is 9.75. The Labute approximate surface area is 168 Å². The second kappa shape index (κ2) is 6.39. The van der Waals surface area contributed by atoms with Gasteiger partial charge in [0.15, 0.2) is 17.0 Å². The molecule has 4 heterocycles. The van der Waals surface area contributed by atoms with Crippen molar-refractivity contribution in [2.45, 2.75) is 5.41 Å². The topological polar surface area (TPSA) is 56.1 Å². The highest BCUT2D eigenvalue weighted by Crippen LogP contribution is 2.45. The van der Waals surface area contributed by atoms with Gasteiger partial charge in [-0.3, -0.25) is 4.57 Å². The highest BCUT2D eigenvalue weighted by molar-refractivity contribution is 5.84. The molecule has 2 aromatic carbocycles. The standard InChI is InChI=1S/C23H21N5O/c1-3-7-17(8-4-1)23-13-27(11-18(23)12-29-14-23)21-20-22(25-15-24-21)28(16-26-20)19-9-5-2-6-10-19/h1-10,15-16,18H,11-14H2/t18-,23+/m1/s1. The Morgan fingerprint density at radius 1 is 0.931 bits per heavy atom. The van der Waals surface area contributed by atoms with Gasteiger partial charge in [0.2, 0.25) is 0 Å². The van der Waals surface area contributed by atoms with E-state index in [2.05, 4.69) is 57.3 Å². The van der Waals surface area contributed by atoms with E-state index in [9.17, 15) is 0 Å². The average molecular weight is 383 g/mol. The molecule has 0 aliphatic carbocycles. The van der Waals surface area contributed by atoms with Crippen LogP contribution >= 0.6 is 0 Å². The molecule has 6 rings (SSSR count). The van der Waals surface area contributed by atoms with Crippen LogP contribution in [0.2, 0.25) is 0 Å². The molecule has 2 aromatic heterocycles. The van der Waals surface area contributed by atoms with E-state index in [1.165, 1.54) is 5.56 Å². The van der Waals surface area contributed by atoms with Crippen molar-refractivity contribution in [3.05, 3.63) is 78.9 Å². The molecule has 0 spiro atoms. The number of benzene rings is 2. The lowest BCUT2D eigenvalue weighted by Crippen LogP contribution is -2.35. The summed E-state index contributed by atoms with van der Waals surface area (Å²) >= 11 is 0. The fourth-order valence-corrected chi connectivity index (χ4v) is 4.91. The van der Waals surface area contributed by atoms with Crippen LogP contribution < -0.4 is 4.90 Å². The molecule has 0 radical (unpaired) electrons. The van der Waals surface area contributed by atoms with E-state index in [-0.39, 0.29) is 5.41 Å². The number of anilines is 1. The molecule has 0 unspecified atom stereocenters. The summed E-state index contributed by atoms with van der Waals surface area (Å²) in [6, 6.07) is 20.9. The fraction of sp³-hybridized carbons (Fsp3) is 0.261. The van der Waals surface area contributed by atoms with E-state index in [1.54, 1.807) is 6.33 Å². The van der Waals surface area contributed by atoms with Crippen molar-refractivity contribution in [2.75, 3.05) is 31.2 Å². The third-order valence-electron chi connectivity index (χ3n) is 6.37. The van der Waals surface area contributed by atoms with Crippen molar-refractivity contribution in [3.63, 3.8) is 0 Å². The normalized spacial score (nSPS) is 23.6. The van der Waals surface area contributed by atoms with Crippen molar-refractivity contribution >= 4 is 17.0 Å². The number of para-hydroxylation sites is 1. The number of ether oxygens (including phenoxy) is 1. The van der Waals surface area contributed by atoms with Gasteiger partial charge in [-0.2, -0.15) is 0 Å². The predicted octanol–water partition coefficient (Wildman–Crippen LogP) is 3.22. The maximum atomic E-state index is 5.92. The van der Waals surface area contributed by atoms with Gasteiger partial charge in [0, 0.05) is 30.1 Å². The Hall–Kier alpha value is -3.25. The van der Waals surface area contributed by atoms with E-state index >= 15 is 0 Å². The summed E-state index contributed by atoms with van der Waals surface area (Å²) in [6.45, 7) is 3.34. The number of hydrogen-bond acceptors (Lipinski definition) is 5. The molecule has 2 aliphatic rings. The minimum atomic E-state index is 0.0144. The maximum absolute atomic E-state index is 5.92. The molecule has 0 bridgehead atoms. The third kappa shape index (κ3) is 2.49. The maximum Gasteiger partial charge on any atom is 0.170 e. The summed E-state index contributed by atoms with van der Waals surface area (Å²) in [5.41, 5.74) is 4.10. The summed E-state index contributed by atoms with van der Waals surface area (Å²) in [6.07, 6.45) is 3.49. The minimum Gasteiger partial charge on any atom is -0.380 e. The fourth-order valence-electron chi connectivity index (χ4n) is 4.91. The molecular weight excluding hydrogens is 362 g/mol. The Kier molecular flexibility index (Phi) is 3.67. The first-order valence-electron chi connectivity index (χ1n) is 9.97. The number of imidazole rings is 1. The Bertz CT molecular complexity index is 1160. The number of rotatable bonds is 3. The zero-order valence-electron chi connectivity index (χ0n) is 16.0. The molecule has 0 saturated carbocycles. The van der Waals surface area contributed by atoms with Crippen molar-refractivity contribution in [1.82, 2.24) is 19.5 Å².